The van der Waals surface area contributed by atoms with Crippen molar-refractivity contribution in [3.63, 3.8) is 0 Å². The molecule has 1 fully saturated rings. The summed E-state index contributed by atoms with van der Waals surface area (Å²) in [7, 11) is 0. The molecule has 4 heteroatoms. The van der Waals surface area contributed by atoms with Gasteiger partial charge >= 0.3 is 0 Å². The second kappa shape index (κ2) is 5.60. The van der Waals surface area contributed by atoms with Gasteiger partial charge in [-0.25, -0.2) is 0 Å². The predicted octanol–water partition coefficient (Wildman–Crippen LogP) is 2.75. The Kier molecular flexibility index (Phi) is 4.13. The summed E-state index contributed by atoms with van der Waals surface area (Å²) in [6, 6.07) is 3.77. The van der Waals surface area contributed by atoms with Crippen molar-refractivity contribution in [3.05, 3.63) is 23.0 Å². The minimum absolute atomic E-state index is 0.467. The zero-order valence-electron chi connectivity index (χ0n) is 9.69. The van der Waals surface area contributed by atoms with Crippen LogP contribution in [0.1, 0.15) is 31.9 Å². The highest BCUT2D eigenvalue weighted by Gasteiger charge is 2.21. The number of likely N-dealkylation sites (tertiary alicyclic amines) is 1. The van der Waals surface area contributed by atoms with Crippen molar-refractivity contribution in [1.29, 1.82) is 0 Å². The molecule has 88 valence electrons. The largest absolute Gasteiger partial charge is 0.297 e. The molecule has 3 nitrogen and oxygen atoms in total. The van der Waals surface area contributed by atoms with E-state index in [1.165, 1.54) is 32.4 Å². The summed E-state index contributed by atoms with van der Waals surface area (Å²) in [6.45, 7) is 5.56. The third-order valence-corrected chi connectivity index (χ3v) is 3.34. The molecule has 0 radical (unpaired) electrons. The third-order valence-electron chi connectivity index (χ3n) is 3.14. The molecular weight excluding hydrogens is 222 g/mol. The Balaban J connectivity index is 1.84. The minimum Gasteiger partial charge on any atom is -0.297 e. The molecule has 0 saturated carbocycles. The maximum atomic E-state index is 5.71. The molecule has 0 aliphatic carbocycles. The highest BCUT2D eigenvalue weighted by Crippen LogP contribution is 2.21. The number of halogens is 1. The van der Waals surface area contributed by atoms with Crippen molar-refractivity contribution in [2.24, 2.45) is 5.92 Å². The average molecular weight is 240 g/mol. The van der Waals surface area contributed by atoms with E-state index in [-0.39, 0.29) is 0 Å². The lowest BCUT2D eigenvalue weighted by molar-refractivity contribution is 0.308. The number of nitrogens with zero attached hydrogens (tertiary/aromatic N) is 3. The highest BCUT2D eigenvalue weighted by atomic mass is 35.5. The molecule has 0 spiro atoms. The molecule has 1 unspecified atom stereocenters. The summed E-state index contributed by atoms with van der Waals surface area (Å²) in [5.74, 6) is 0.880. The van der Waals surface area contributed by atoms with E-state index < -0.39 is 0 Å². The van der Waals surface area contributed by atoms with E-state index in [1.54, 1.807) is 0 Å². The van der Waals surface area contributed by atoms with Crippen LogP contribution >= 0.6 is 11.6 Å². The first-order valence-corrected chi connectivity index (χ1v) is 6.36. The lowest BCUT2D eigenvalue weighted by Crippen LogP contribution is -2.20. The summed E-state index contributed by atoms with van der Waals surface area (Å²) in [6.07, 6.45) is 3.97. The fourth-order valence-electron chi connectivity index (χ4n) is 2.36. The van der Waals surface area contributed by atoms with Crippen molar-refractivity contribution >= 4 is 11.6 Å². The molecule has 0 bridgehead atoms. The molecule has 1 atom stereocenters. The van der Waals surface area contributed by atoms with E-state index in [0.29, 0.717) is 5.15 Å². The third kappa shape index (κ3) is 3.16. The second-order valence-electron chi connectivity index (χ2n) is 4.53. The predicted molar refractivity (Wildman–Crippen MR) is 65.3 cm³/mol. The van der Waals surface area contributed by atoms with Gasteiger partial charge in [-0.05, 0) is 37.4 Å². The van der Waals surface area contributed by atoms with Crippen LogP contribution in [0.5, 0.6) is 0 Å². The van der Waals surface area contributed by atoms with Gasteiger partial charge in [-0.15, -0.1) is 5.10 Å². The smallest absolute Gasteiger partial charge is 0.151 e. The number of aromatic nitrogens is 2. The van der Waals surface area contributed by atoms with Crippen LogP contribution in [0.25, 0.3) is 0 Å². The highest BCUT2D eigenvalue weighted by molar-refractivity contribution is 6.29. The van der Waals surface area contributed by atoms with Crippen LogP contribution in [0.15, 0.2) is 12.1 Å². The molecule has 1 saturated heterocycles. The molecule has 0 aromatic carbocycles. The van der Waals surface area contributed by atoms with Gasteiger partial charge in [-0.3, -0.25) is 4.90 Å². The average Bonchev–Trinajstić information content (AvgIpc) is 2.70. The monoisotopic (exact) mass is 239 g/mol. The van der Waals surface area contributed by atoms with Gasteiger partial charge in [0.15, 0.2) is 5.15 Å². The summed E-state index contributed by atoms with van der Waals surface area (Å²) in [5, 5.41) is 8.42. The van der Waals surface area contributed by atoms with Crippen LogP contribution in [0, 0.1) is 5.92 Å². The summed E-state index contributed by atoms with van der Waals surface area (Å²) >= 11 is 5.71. The van der Waals surface area contributed by atoms with E-state index in [1.807, 2.05) is 12.1 Å². The van der Waals surface area contributed by atoms with Gasteiger partial charge in [0.1, 0.15) is 0 Å². The molecule has 1 aliphatic rings. The first kappa shape index (κ1) is 11.8. The van der Waals surface area contributed by atoms with Gasteiger partial charge in [0.25, 0.3) is 0 Å². The van der Waals surface area contributed by atoms with E-state index in [0.717, 1.165) is 18.2 Å². The second-order valence-corrected chi connectivity index (χ2v) is 4.91. The maximum Gasteiger partial charge on any atom is 0.151 e. The topological polar surface area (TPSA) is 29.0 Å². The molecular formula is C12H18ClN3. The van der Waals surface area contributed by atoms with Crippen LogP contribution in [-0.4, -0.2) is 28.2 Å². The molecule has 1 aromatic heterocycles. The van der Waals surface area contributed by atoms with Gasteiger partial charge in [0.05, 0.1) is 5.69 Å². The lowest BCUT2D eigenvalue weighted by Gasteiger charge is -2.14. The zero-order chi connectivity index (χ0) is 11.4. The standard InChI is InChI=1S/C12H18ClN3/c1-2-3-10-6-7-16(8-10)9-11-4-5-12(13)15-14-11/h4-5,10H,2-3,6-9H2,1H3. The Morgan fingerprint density at radius 1 is 1.44 bits per heavy atom. The Bertz CT molecular complexity index is 326. The molecule has 16 heavy (non-hydrogen) atoms. The first-order valence-electron chi connectivity index (χ1n) is 5.98. The van der Waals surface area contributed by atoms with Gasteiger partial charge < -0.3 is 0 Å². The Hall–Kier alpha value is -0.670. The van der Waals surface area contributed by atoms with E-state index >= 15 is 0 Å². The quantitative estimate of drug-likeness (QED) is 0.809. The summed E-state index contributed by atoms with van der Waals surface area (Å²) in [5.41, 5.74) is 1.02. The zero-order valence-corrected chi connectivity index (χ0v) is 10.5. The van der Waals surface area contributed by atoms with Crippen LogP contribution < -0.4 is 0 Å². The van der Waals surface area contributed by atoms with Crippen LogP contribution in [0.2, 0.25) is 5.15 Å². The fourth-order valence-corrected chi connectivity index (χ4v) is 2.46. The minimum atomic E-state index is 0.467. The number of hydrogen-bond donors (Lipinski definition) is 0. The Morgan fingerprint density at radius 3 is 3.00 bits per heavy atom. The normalized spacial score (nSPS) is 21.5. The van der Waals surface area contributed by atoms with Crippen LogP contribution in [0.4, 0.5) is 0 Å². The first-order chi connectivity index (χ1) is 7.78. The number of hydrogen-bond acceptors (Lipinski definition) is 3. The van der Waals surface area contributed by atoms with Crippen molar-refractivity contribution in [2.45, 2.75) is 32.7 Å². The van der Waals surface area contributed by atoms with Gasteiger partial charge in [0.2, 0.25) is 0 Å². The maximum absolute atomic E-state index is 5.71. The fraction of sp³-hybridized carbons (Fsp3) is 0.667. The lowest BCUT2D eigenvalue weighted by atomic mass is 10.0. The summed E-state index contributed by atoms with van der Waals surface area (Å²) in [4.78, 5) is 2.46. The van der Waals surface area contributed by atoms with Crippen molar-refractivity contribution in [1.82, 2.24) is 15.1 Å². The van der Waals surface area contributed by atoms with Crippen molar-refractivity contribution in [3.8, 4) is 0 Å². The number of rotatable bonds is 4. The van der Waals surface area contributed by atoms with E-state index in [4.69, 9.17) is 11.6 Å². The van der Waals surface area contributed by atoms with Crippen molar-refractivity contribution in [2.75, 3.05) is 13.1 Å². The molecule has 0 amide bonds. The van der Waals surface area contributed by atoms with Gasteiger partial charge in [-0.1, -0.05) is 24.9 Å². The molecule has 0 N–H and O–H groups in total. The Morgan fingerprint density at radius 2 is 2.31 bits per heavy atom. The molecule has 1 aromatic rings. The summed E-state index contributed by atoms with van der Waals surface area (Å²) < 4.78 is 0. The molecule has 2 heterocycles. The van der Waals surface area contributed by atoms with Gasteiger partial charge in [0, 0.05) is 13.1 Å². The van der Waals surface area contributed by atoms with Crippen LogP contribution in [0.3, 0.4) is 0 Å². The SMILES string of the molecule is CCCC1CCN(Cc2ccc(Cl)nn2)C1. The molecule has 2 rings (SSSR count). The van der Waals surface area contributed by atoms with Gasteiger partial charge in [-0.2, -0.15) is 5.10 Å². The van der Waals surface area contributed by atoms with E-state index in [9.17, 15) is 0 Å². The van der Waals surface area contributed by atoms with Crippen LogP contribution in [-0.2, 0) is 6.54 Å². The molecule has 1 aliphatic heterocycles. The Labute approximate surface area is 102 Å². The van der Waals surface area contributed by atoms with E-state index in [2.05, 4.69) is 22.0 Å². The van der Waals surface area contributed by atoms with Crippen molar-refractivity contribution < 1.29 is 0 Å².